The van der Waals surface area contributed by atoms with Crippen LogP contribution in [0.4, 0.5) is 0 Å². The topological polar surface area (TPSA) is 49.4 Å². The smallest absolute Gasteiger partial charge is 0.250 e. The van der Waals surface area contributed by atoms with Crippen molar-refractivity contribution in [1.29, 1.82) is 0 Å². The second kappa shape index (κ2) is 8.34. The number of halogens is 1. The van der Waals surface area contributed by atoms with Crippen LogP contribution < -0.4 is 4.72 Å². The van der Waals surface area contributed by atoms with E-state index in [0.717, 1.165) is 32.0 Å². The zero-order valence-electron chi connectivity index (χ0n) is 11.7. The molecule has 0 atom stereocenters. The molecule has 7 heteroatoms. The lowest BCUT2D eigenvalue weighted by Crippen LogP contribution is -2.35. The van der Waals surface area contributed by atoms with Crippen molar-refractivity contribution in [2.24, 2.45) is 5.92 Å². The molecule has 2 rings (SSSR count). The maximum absolute atomic E-state index is 11.9. The highest BCUT2D eigenvalue weighted by Crippen LogP contribution is 2.16. The van der Waals surface area contributed by atoms with Gasteiger partial charge in [0.1, 0.15) is 4.21 Å². The zero-order chi connectivity index (χ0) is 13.7. The molecule has 1 aromatic heterocycles. The van der Waals surface area contributed by atoms with Gasteiger partial charge in [0.15, 0.2) is 0 Å². The van der Waals surface area contributed by atoms with E-state index in [1.807, 2.05) is 0 Å². The number of likely N-dealkylation sites (tertiary alicyclic amines) is 1. The van der Waals surface area contributed by atoms with Gasteiger partial charge in [0.25, 0.3) is 0 Å². The maximum Gasteiger partial charge on any atom is 0.250 e. The third kappa shape index (κ3) is 5.33. The lowest BCUT2D eigenvalue weighted by molar-refractivity contribution is 0.191. The molecule has 0 radical (unpaired) electrons. The zero-order valence-corrected chi connectivity index (χ0v) is 14.2. The quantitative estimate of drug-likeness (QED) is 0.811. The van der Waals surface area contributed by atoms with Gasteiger partial charge in [-0.1, -0.05) is 13.0 Å². The Morgan fingerprint density at radius 2 is 2.10 bits per heavy atom. The summed E-state index contributed by atoms with van der Waals surface area (Å²) in [4.78, 5) is 2.43. The number of piperidine rings is 1. The summed E-state index contributed by atoms with van der Waals surface area (Å²) in [7, 11) is -3.28. The standard InChI is InChI=1S/C13H22N2O2S2.ClH/c1-12-5-9-15(10-6-12)8-3-7-14-19(16,17)13-4-2-11-18-13;/h2,4,11-12,14H,3,5-10H2,1H3;1H. The van der Waals surface area contributed by atoms with E-state index >= 15 is 0 Å². The first-order valence-electron chi connectivity index (χ1n) is 6.83. The molecule has 1 fully saturated rings. The van der Waals surface area contributed by atoms with Gasteiger partial charge >= 0.3 is 0 Å². The fraction of sp³-hybridized carbons (Fsp3) is 0.692. The Hall–Kier alpha value is -0.140. The minimum atomic E-state index is -3.28. The summed E-state index contributed by atoms with van der Waals surface area (Å²) in [6, 6.07) is 3.40. The summed E-state index contributed by atoms with van der Waals surface area (Å²) in [6.07, 6.45) is 3.40. The van der Waals surface area contributed by atoms with E-state index in [0.29, 0.717) is 10.8 Å². The number of nitrogens with zero attached hydrogens (tertiary/aromatic N) is 1. The first-order valence-corrected chi connectivity index (χ1v) is 9.20. The fourth-order valence-corrected chi connectivity index (χ4v) is 4.39. The third-order valence-corrected chi connectivity index (χ3v) is 6.44. The van der Waals surface area contributed by atoms with Crippen LogP contribution in [-0.4, -0.2) is 39.5 Å². The van der Waals surface area contributed by atoms with Crippen LogP contribution in [0.25, 0.3) is 0 Å². The fourth-order valence-electron chi connectivity index (χ4n) is 2.28. The Morgan fingerprint density at radius 3 is 2.70 bits per heavy atom. The second-order valence-electron chi connectivity index (χ2n) is 5.21. The van der Waals surface area contributed by atoms with Crippen molar-refractivity contribution < 1.29 is 8.42 Å². The predicted molar refractivity (Wildman–Crippen MR) is 86.2 cm³/mol. The number of thiophene rings is 1. The van der Waals surface area contributed by atoms with Gasteiger partial charge in [-0.3, -0.25) is 0 Å². The van der Waals surface area contributed by atoms with Crippen molar-refractivity contribution in [2.75, 3.05) is 26.2 Å². The van der Waals surface area contributed by atoms with Crippen molar-refractivity contribution in [2.45, 2.75) is 30.4 Å². The van der Waals surface area contributed by atoms with E-state index in [2.05, 4.69) is 16.5 Å². The Kier molecular flexibility index (Phi) is 7.47. The van der Waals surface area contributed by atoms with Crippen LogP contribution in [-0.2, 0) is 10.0 Å². The van der Waals surface area contributed by atoms with E-state index < -0.39 is 10.0 Å². The van der Waals surface area contributed by atoms with Crippen LogP contribution in [0.15, 0.2) is 21.7 Å². The molecule has 1 aliphatic rings. The van der Waals surface area contributed by atoms with E-state index in [1.54, 1.807) is 17.5 Å². The van der Waals surface area contributed by atoms with E-state index in [4.69, 9.17) is 0 Å². The largest absolute Gasteiger partial charge is 0.303 e. The summed E-state index contributed by atoms with van der Waals surface area (Å²) in [5, 5.41) is 1.78. The Morgan fingerprint density at radius 1 is 1.40 bits per heavy atom. The monoisotopic (exact) mass is 338 g/mol. The summed E-state index contributed by atoms with van der Waals surface area (Å²) < 4.78 is 26.8. The van der Waals surface area contributed by atoms with Gasteiger partial charge in [0, 0.05) is 6.54 Å². The molecule has 1 saturated heterocycles. The first kappa shape index (κ1) is 17.9. The van der Waals surface area contributed by atoms with Crippen molar-refractivity contribution >= 4 is 33.8 Å². The molecule has 0 unspecified atom stereocenters. The molecule has 1 N–H and O–H groups in total. The first-order chi connectivity index (χ1) is 9.08. The highest BCUT2D eigenvalue weighted by molar-refractivity contribution is 7.91. The van der Waals surface area contributed by atoms with Crippen LogP contribution in [0.2, 0.25) is 0 Å². The van der Waals surface area contributed by atoms with Gasteiger partial charge in [0.05, 0.1) is 0 Å². The Bertz CT molecular complexity index is 469. The van der Waals surface area contributed by atoms with Gasteiger partial charge < -0.3 is 4.90 Å². The number of sulfonamides is 1. The highest BCUT2D eigenvalue weighted by Gasteiger charge is 2.16. The Labute approximate surface area is 132 Å². The van der Waals surface area contributed by atoms with Crippen LogP contribution in [0.3, 0.4) is 0 Å². The molecule has 20 heavy (non-hydrogen) atoms. The summed E-state index contributed by atoms with van der Waals surface area (Å²) in [5.41, 5.74) is 0. The lowest BCUT2D eigenvalue weighted by Gasteiger charge is -2.30. The molecule has 4 nitrogen and oxygen atoms in total. The minimum Gasteiger partial charge on any atom is -0.303 e. The molecule has 0 aromatic carbocycles. The van der Waals surface area contributed by atoms with Gasteiger partial charge in [-0.2, -0.15) is 0 Å². The second-order valence-corrected chi connectivity index (χ2v) is 8.15. The van der Waals surface area contributed by atoms with Crippen LogP contribution >= 0.6 is 23.7 Å². The van der Waals surface area contributed by atoms with Crippen molar-refractivity contribution in [3.63, 3.8) is 0 Å². The number of hydrogen-bond donors (Lipinski definition) is 1. The van der Waals surface area contributed by atoms with Crippen molar-refractivity contribution in [3.05, 3.63) is 17.5 Å². The molecule has 0 bridgehead atoms. The average molecular weight is 339 g/mol. The maximum atomic E-state index is 11.9. The molecular weight excluding hydrogens is 316 g/mol. The average Bonchev–Trinajstić information content (AvgIpc) is 2.91. The van der Waals surface area contributed by atoms with Gasteiger partial charge in [0.2, 0.25) is 10.0 Å². The summed E-state index contributed by atoms with van der Waals surface area (Å²) in [5.74, 6) is 0.841. The van der Waals surface area contributed by atoms with Gasteiger partial charge in [-0.05, 0) is 56.3 Å². The van der Waals surface area contributed by atoms with E-state index in [9.17, 15) is 8.42 Å². The normalized spacial score (nSPS) is 17.9. The molecule has 0 aliphatic carbocycles. The Balaban J connectivity index is 0.00000200. The number of rotatable bonds is 6. The molecule has 1 aromatic rings. The predicted octanol–water partition coefficient (Wildman–Crippen LogP) is 2.57. The molecular formula is C13H23ClN2O2S2. The van der Waals surface area contributed by atoms with E-state index in [-0.39, 0.29) is 12.4 Å². The van der Waals surface area contributed by atoms with Crippen molar-refractivity contribution in [3.8, 4) is 0 Å². The van der Waals surface area contributed by atoms with Crippen LogP contribution in [0.5, 0.6) is 0 Å². The summed E-state index contributed by atoms with van der Waals surface area (Å²) in [6.45, 7) is 6.11. The van der Waals surface area contributed by atoms with Gasteiger partial charge in [-0.25, -0.2) is 13.1 Å². The number of nitrogens with one attached hydrogen (secondary N) is 1. The van der Waals surface area contributed by atoms with Gasteiger partial charge in [-0.15, -0.1) is 23.7 Å². The molecule has 2 heterocycles. The van der Waals surface area contributed by atoms with Crippen molar-refractivity contribution in [1.82, 2.24) is 9.62 Å². The minimum absolute atomic E-state index is 0. The molecule has 116 valence electrons. The highest BCUT2D eigenvalue weighted by atomic mass is 35.5. The summed E-state index contributed by atoms with van der Waals surface area (Å²) >= 11 is 1.26. The lowest BCUT2D eigenvalue weighted by atomic mass is 9.99. The van der Waals surface area contributed by atoms with E-state index in [1.165, 1.54) is 24.2 Å². The molecule has 0 saturated carbocycles. The number of hydrogen-bond acceptors (Lipinski definition) is 4. The van der Waals surface area contributed by atoms with Crippen LogP contribution in [0.1, 0.15) is 26.2 Å². The molecule has 0 spiro atoms. The molecule has 0 amide bonds. The SMILES string of the molecule is CC1CCN(CCCNS(=O)(=O)c2cccs2)CC1.Cl. The molecule has 1 aliphatic heterocycles. The third-order valence-electron chi connectivity index (χ3n) is 3.58. The van der Waals surface area contributed by atoms with Crippen LogP contribution in [0, 0.1) is 5.92 Å².